The second kappa shape index (κ2) is 5.10. The number of aryl methyl sites for hydroxylation is 2. The van der Waals surface area contributed by atoms with E-state index < -0.39 is 0 Å². The highest BCUT2D eigenvalue weighted by Crippen LogP contribution is 2.26. The number of aliphatic hydroxyl groups is 1. The molecule has 0 saturated carbocycles. The van der Waals surface area contributed by atoms with Crippen molar-refractivity contribution in [2.45, 2.75) is 13.3 Å². The quantitative estimate of drug-likeness (QED) is 0.791. The van der Waals surface area contributed by atoms with Crippen molar-refractivity contribution in [2.75, 3.05) is 6.61 Å². The summed E-state index contributed by atoms with van der Waals surface area (Å²) in [5, 5.41) is 9.06. The van der Waals surface area contributed by atoms with Gasteiger partial charge in [-0.05, 0) is 36.6 Å². The zero-order valence-electron chi connectivity index (χ0n) is 11.8. The minimum atomic E-state index is 0.175. The first-order chi connectivity index (χ1) is 9.70. The fourth-order valence-corrected chi connectivity index (χ4v) is 2.58. The van der Waals surface area contributed by atoms with E-state index in [4.69, 9.17) is 10.1 Å². The summed E-state index contributed by atoms with van der Waals surface area (Å²) in [4.78, 5) is 4.75. The molecule has 0 aliphatic heterocycles. The van der Waals surface area contributed by atoms with Crippen molar-refractivity contribution in [3.05, 3.63) is 53.6 Å². The third-order valence-electron chi connectivity index (χ3n) is 3.73. The zero-order chi connectivity index (χ0) is 14.1. The summed E-state index contributed by atoms with van der Waals surface area (Å²) in [5.41, 5.74) is 5.62. The van der Waals surface area contributed by atoms with Crippen LogP contribution in [0, 0.1) is 6.92 Å². The standard InChI is InChI=1S/C17H18N2O/c1-12-5-3-4-6-14(12)17-18-15-8-7-13(9-10-20)11-16(15)19(17)2/h3-8,11,20H,9-10H2,1-2H3. The van der Waals surface area contributed by atoms with Gasteiger partial charge in [0.05, 0.1) is 11.0 Å². The monoisotopic (exact) mass is 266 g/mol. The van der Waals surface area contributed by atoms with Crippen molar-refractivity contribution in [1.82, 2.24) is 9.55 Å². The van der Waals surface area contributed by atoms with E-state index in [2.05, 4.69) is 29.7 Å². The number of imidazole rings is 1. The summed E-state index contributed by atoms with van der Waals surface area (Å²) >= 11 is 0. The molecule has 0 radical (unpaired) electrons. The van der Waals surface area contributed by atoms with Crippen molar-refractivity contribution >= 4 is 11.0 Å². The summed E-state index contributed by atoms with van der Waals surface area (Å²) in [6, 6.07) is 14.5. The topological polar surface area (TPSA) is 38.1 Å². The predicted molar refractivity (Wildman–Crippen MR) is 81.7 cm³/mol. The first kappa shape index (κ1) is 12.9. The van der Waals surface area contributed by atoms with E-state index in [9.17, 15) is 0 Å². The summed E-state index contributed by atoms with van der Waals surface area (Å²) < 4.78 is 2.12. The van der Waals surface area contributed by atoms with Crippen LogP contribution in [-0.2, 0) is 13.5 Å². The summed E-state index contributed by atoms with van der Waals surface area (Å²) in [6.45, 7) is 2.28. The molecule has 1 aromatic heterocycles. The summed E-state index contributed by atoms with van der Waals surface area (Å²) in [6.07, 6.45) is 0.681. The van der Waals surface area contributed by atoms with Gasteiger partial charge in [-0.2, -0.15) is 0 Å². The first-order valence-corrected chi connectivity index (χ1v) is 6.83. The van der Waals surface area contributed by atoms with E-state index in [1.165, 1.54) is 5.56 Å². The van der Waals surface area contributed by atoms with Gasteiger partial charge in [-0.3, -0.25) is 0 Å². The number of hydrogen-bond donors (Lipinski definition) is 1. The van der Waals surface area contributed by atoms with E-state index >= 15 is 0 Å². The highest BCUT2D eigenvalue weighted by Gasteiger charge is 2.11. The Kier molecular flexibility index (Phi) is 3.28. The maximum atomic E-state index is 9.06. The van der Waals surface area contributed by atoms with Gasteiger partial charge in [-0.1, -0.05) is 30.3 Å². The number of aliphatic hydroxyl groups excluding tert-OH is 1. The molecule has 0 unspecified atom stereocenters. The SMILES string of the molecule is Cc1ccccc1-c1nc2ccc(CCO)cc2n1C. The summed E-state index contributed by atoms with van der Waals surface area (Å²) in [5.74, 6) is 0.985. The van der Waals surface area contributed by atoms with E-state index in [1.54, 1.807) is 0 Å². The van der Waals surface area contributed by atoms with Gasteiger partial charge in [0, 0.05) is 19.2 Å². The van der Waals surface area contributed by atoms with Crippen LogP contribution in [0.5, 0.6) is 0 Å². The van der Waals surface area contributed by atoms with Crippen molar-refractivity contribution < 1.29 is 5.11 Å². The Hall–Kier alpha value is -2.13. The van der Waals surface area contributed by atoms with Gasteiger partial charge in [0.2, 0.25) is 0 Å². The molecule has 3 aromatic rings. The molecule has 102 valence electrons. The smallest absolute Gasteiger partial charge is 0.141 e. The second-order valence-electron chi connectivity index (χ2n) is 5.11. The van der Waals surface area contributed by atoms with E-state index in [-0.39, 0.29) is 6.61 Å². The van der Waals surface area contributed by atoms with Crippen LogP contribution in [-0.4, -0.2) is 21.3 Å². The molecule has 0 atom stereocenters. The van der Waals surface area contributed by atoms with Crippen LogP contribution in [0.3, 0.4) is 0 Å². The largest absolute Gasteiger partial charge is 0.396 e. The Labute approximate surface area is 118 Å². The molecule has 3 heteroatoms. The van der Waals surface area contributed by atoms with Crippen LogP contribution in [0.15, 0.2) is 42.5 Å². The van der Waals surface area contributed by atoms with Crippen molar-refractivity contribution in [3.8, 4) is 11.4 Å². The number of nitrogens with zero attached hydrogens (tertiary/aromatic N) is 2. The molecule has 2 aromatic carbocycles. The lowest BCUT2D eigenvalue weighted by Gasteiger charge is -2.06. The van der Waals surface area contributed by atoms with Crippen molar-refractivity contribution in [1.29, 1.82) is 0 Å². The average Bonchev–Trinajstić information content (AvgIpc) is 2.77. The van der Waals surface area contributed by atoms with E-state index in [0.717, 1.165) is 28.0 Å². The molecule has 0 spiro atoms. The third-order valence-corrected chi connectivity index (χ3v) is 3.73. The maximum absolute atomic E-state index is 9.06. The maximum Gasteiger partial charge on any atom is 0.141 e. The van der Waals surface area contributed by atoms with E-state index in [0.29, 0.717) is 6.42 Å². The molecule has 0 aliphatic carbocycles. The van der Waals surface area contributed by atoms with Crippen LogP contribution in [0.1, 0.15) is 11.1 Å². The number of rotatable bonds is 3. The van der Waals surface area contributed by atoms with Crippen LogP contribution < -0.4 is 0 Å². The minimum Gasteiger partial charge on any atom is -0.396 e. The van der Waals surface area contributed by atoms with Crippen LogP contribution in [0.25, 0.3) is 22.4 Å². The van der Waals surface area contributed by atoms with Gasteiger partial charge in [0.15, 0.2) is 0 Å². The molecule has 1 heterocycles. The molecular weight excluding hydrogens is 248 g/mol. The fourth-order valence-electron chi connectivity index (χ4n) is 2.58. The van der Waals surface area contributed by atoms with Crippen molar-refractivity contribution in [2.24, 2.45) is 7.05 Å². The number of benzene rings is 2. The highest BCUT2D eigenvalue weighted by atomic mass is 16.2. The van der Waals surface area contributed by atoms with Gasteiger partial charge in [-0.25, -0.2) is 4.98 Å². The highest BCUT2D eigenvalue weighted by molar-refractivity contribution is 5.81. The molecule has 0 aliphatic rings. The number of fused-ring (bicyclic) bond motifs is 1. The molecule has 0 fully saturated rings. The number of aromatic nitrogens is 2. The van der Waals surface area contributed by atoms with Crippen molar-refractivity contribution in [3.63, 3.8) is 0 Å². The van der Waals surface area contributed by atoms with Crippen LogP contribution in [0.2, 0.25) is 0 Å². The van der Waals surface area contributed by atoms with Gasteiger partial charge in [-0.15, -0.1) is 0 Å². The van der Waals surface area contributed by atoms with Gasteiger partial charge in [0.1, 0.15) is 5.82 Å². The summed E-state index contributed by atoms with van der Waals surface area (Å²) in [7, 11) is 2.04. The lowest BCUT2D eigenvalue weighted by molar-refractivity contribution is 0.299. The molecule has 3 rings (SSSR count). The van der Waals surface area contributed by atoms with Gasteiger partial charge < -0.3 is 9.67 Å². The molecule has 1 N–H and O–H groups in total. The second-order valence-corrected chi connectivity index (χ2v) is 5.11. The average molecular weight is 266 g/mol. The van der Waals surface area contributed by atoms with Crippen LogP contribution >= 0.6 is 0 Å². The van der Waals surface area contributed by atoms with E-state index in [1.807, 2.05) is 31.3 Å². The predicted octanol–water partition coefficient (Wildman–Crippen LogP) is 3.08. The Morgan fingerprint density at radius 3 is 2.70 bits per heavy atom. The Morgan fingerprint density at radius 2 is 1.95 bits per heavy atom. The lowest BCUT2D eigenvalue weighted by atomic mass is 10.1. The first-order valence-electron chi connectivity index (χ1n) is 6.83. The molecule has 0 bridgehead atoms. The molecule has 20 heavy (non-hydrogen) atoms. The molecule has 3 nitrogen and oxygen atoms in total. The fraction of sp³-hybridized carbons (Fsp3) is 0.235. The normalized spacial score (nSPS) is 11.2. The number of hydrogen-bond acceptors (Lipinski definition) is 2. The third kappa shape index (κ3) is 2.10. The Bertz CT molecular complexity index is 759. The zero-order valence-corrected chi connectivity index (χ0v) is 11.8. The lowest BCUT2D eigenvalue weighted by Crippen LogP contribution is -1.95. The molecular formula is C17H18N2O. The van der Waals surface area contributed by atoms with Gasteiger partial charge in [0.25, 0.3) is 0 Å². The minimum absolute atomic E-state index is 0.175. The Balaban J connectivity index is 2.18. The van der Waals surface area contributed by atoms with Crippen LogP contribution in [0.4, 0.5) is 0 Å². The molecule has 0 saturated heterocycles. The molecule has 0 amide bonds. The Morgan fingerprint density at radius 1 is 1.15 bits per heavy atom. The van der Waals surface area contributed by atoms with Gasteiger partial charge >= 0.3 is 0 Å².